The van der Waals surface area contributed by atoms with E-state index in [2.05, 4.69) is 5.32 Å². The molecule has 0 aromatic carbocycles. The second-order valence-corrected chi connectivity index (χ2v) is 3.13. The van der Waals surface area contributed by atoms with Gasteiger partial charge in [0.1, 0.15) is 5.78 Å². The average molecular weight is 175 g/mol. The van der Waals surface area contributed by atoms with Crippen LogP contribution in [-0.4, -0.2) is 29.7 Å². The number of amides is 1. The number of thioether (sulfide) groups is 1. The van der Waals surface area contributed by atoms with Crippen LogP contribution in [0.25, 0.3) is 0 Å². The van der Waals surface area contributed by atoms with Gasteiger partial charge in [0.25, 0.3) is 0 Å². The number of carbonyl (C=O) groups excluding carboxylic acids is 2. The Morgan fingerprint density at radius 1 is 1.36 bits per heavy atom. The first kappa shape index (κ1) is 10.5. The molecule has 0 fully saturated rings. The first-order valence-electron chi connectivity index (χ1n) is 3.50. The van der Waals surface area contributed by atoms with E-state index in [0.717, 1.165) is 0 Å². The first-order valence-corrected chi connectivity index (χ1v) is 4.66. The van der Waals surface area contributed by atoms with Crippen molar-refractivity contribution in [2.24, 2.45) is 0 Å². The quantitative estimate of drug-likeness (QED) is 0.659. The van der Waals surface area contributed by atoms with Crippen molar-refractivity contribution in [1.82, 2.24) is 5.32 Å². The molecule has 3 nitrogen and oxygen atoms in total. The number of Topliss-reactive ketones (excluding diaryl/α,β-unsaturated/α-hetero) is 1. The molecule has 11 heavy (non-hydrogen) atoms. The number of nitrogens with one attached hydrogen (secondary N) is 1. The maximum atomic E-state index is 10.8. The van der Waals surface area contributed by atoms with Gasteiger partial charge in [0, 0.05) is 6.54 Å². The van der Waals surface area contributed by atoms with E-state index in [1.165, 1.54) is 18.7 Å². The van der Waals surface area contributed by atoms with E-state index in [1.807, 2.05) is 6.92 Å². The molecule has 0 aromatic rings. The summed E-state index contributed by atoms with van der Waals surface area (Å²) in [5, 5.41) is 2.65. The second kappa shape index (κ2) is 6.22. The lowest BCUT2D eigenvalue weighted by molar-refractivity contribution is -0.118. The fourth-order valence-corrected chi connectivity index (χ4v) is 1.21. The highest BCUT2D eigenvalue weighted by Crippen LogP contribution is 1.98. The summed E-state index contributed by atoms with van der Waals surface area (Å²) in [4.78, 5) is 21.2. The van der Waals surface area contributed by atoms with E-state index < -0.39 is 0 Å². The Morgan fingerprint density at radius 2 is 2.00 bits per heavy atom. The highest BCUT2D eigenvalue weighted by Gasteiger charge is 1.99. The normalized spacial score (nSPS) is 9.27. The fourth-order valence-electron chi connectivity index (χ4n) is 0.536. The van der Waals surface area contributed by atoms with E-state index in [0.29, 0.717) is 18.1 Å². The molecule has 0 radical (unpaired) electrons. The Bertz CT molecular complexity index is 147. The number of hydrogen-bond donors (Lipinski definition) is 1. The van der Waals surface area contributed by atoms with E-state index in [1.54, 1.807) is 0 Å². The van der Waals surface area contributed by atoms with Gasteiger partial charge in [0.2, 0.25) is 5.91 Å². The first-order chi connectivity index (χ1) is 5.16. The molecule has 0 spiro atoms. The minimum absolute atomic E-state index is 0.00116. The Kier molecular flexibility index (Phi) is 5.93. The van der Waals surface area contributed by atoms with Crippen molar-refractivity contribution in [1.29, 1.82) is 0 Å². The third kappa shape index (κ3) is 7.39. The van der Waals surface area contributed by atoms with Crippen molar-refractivity contribution < 1.29 is 9.59 Å². The Balaban J connectivity index is 3.24. The van der Waals surface area contributed by atoms with Gasteiger partial charge >= 0.3 is 0 Å². The second-order valence-electron chi connectivity index (χ2n) is 2.15. The Morgan fingerprint density at radius 3 is 2.45 bits per heavy atom. The highest BCUT2D eigenvalue weighted by atomic mass is 32.2. The van der Waals surface area contributed by atoms with Crippen molar-refractivity contribution >= 4 is 23.5 Å². The minimum Gasteiger partial charge on any atom is -0.356 e. The molecule has 0 rings (SSSR count). The molecule has 1 N–H and O–H groups in total. The molecule has 4 heteroatoms. The van der Waals surface area contributed by atoms with Crippen LogP contribution in [0.1, 0.15) is 13.8 Å². The van der Waals surface area contributed by atoms with Crippen LogP contribution in [0.15, 0.2) is 0 Å². The summed E-state index contributed by atoms with van der Waals surface area (Å²) in [5.74, 6) is 0.919. The largest absolute Gasteiger partial charge is 0.356 e. The molecule has 0 aliphatic heterocycles. The van der Waals surface area contributed by atoms with Gasteiger partial charge in [-0.15, -0.1) is 11.8 Å². The van der Waals surface area contributed by atoms with Crippen LogP contribution in [0.3, 0.4) is 0 Å². The van der Waals surface area contributed by atoms with Gasteiger partial charge in [0.05, 0.1) is 11.5 Å². The van der Waals surface area contributed by atoms with E-state index in [9.17, 15) is 9.59 Å². The summed E-state index contributed by atoms with van der Waals surface area (Å²) < 4.78 is 0. The number of carbonyl (C=O) groups is 2. The summed E-state index contributed by atoms with van der Waals surface area (Å²) in [6, 6.07) is 0. The SMILES string of the molecule is CCNC(=O)CSCC(C)=O. The van der Waals surface area contributed by atoms with E-state index >= 15 is 0 Å². The lowest BCUT2D eigenvalue weighted by atomic mass is 10.5. The van der Waals surface area contributed by atoms with E-state index in [-0.39, 0.29) is 11.7 Å². The smallest absolute Gasteiger partial charge is 0.229 e. The summed E-state index contributed by atoms with van der Waals surface area (Å²) in [6.45, 7) is 4.04. The zero-order valence-electron chi connectivity index (χ0n) is 6.85. The van der Waals surface area contributed by atoms with Gasteiger partial charge in [-0.05, 0) is 13.8 Å². The van der Waals surface area contributed by atoms with Crippen molar-refractivity contribution in [2.75, 3.05) is 18.1 Å². The van der Waals surface area contributed by atoms with Crippen LogP contribution in [0, 0.1) is 0 Å². The van der Waals surface area contributed by atoms with Crippen LogP contribution in [0.4, 0.5) is 0 Å². The van der Waals surface area contributed by atoms with Gasteiger partial charge in [-0.2, -0.15) is 0 Å². The summed E-state index contributed by atoms with van der Waals surface area (Å²) in [7, 11) is 0. The molecule has 0 unspecified atom stereocenters. The average Bonchev–Trinajstić information content (AvgIpc) is 1.87. The molecule has 0 aliphatic rings. The third-order valence-electron chi connectivity index (χ3n) is 0.912. The fraction of sp³-hybridized carbons (Fsp3) is 0.714. The predicted molar refractivity (Wildman–Crippen MR) is 46.7 cm³/mol. The number of rotatable bonds is 5. The van der Waals surface area contributed by atoms with Gasteiger partial charge < -0.3 is 5.32 Å². The summed E-state index contributed by atoms with van der Waals surface area (Å²) >= 11 is 1.35. The van der Waals surface area contributed by atoms with Crippen LogP contribution < -0.4 is 5.32 Å². The Hall–Kier alpha value is -0.510. The molecule has 0 aromatic heterocycles. The van der Waals surface area contributed by atoms with E-state index in [4.69, 9.17) is 0 Å². The predicted octanol–water partition coefficient (Wildman–Crippen LogP) is 0.445. The van der Waals surface area contributed by atoms with Gasteiger partial charge in [0.15, 0.2) is 0 Å². The van der Waals surface area contributed by atoms with Crippen molar-refractivity contribution in [3.63, 3.8) is 0 Å². The van der Waals surface area contributed by atoms with Crippen molar-refractivity contribution in [2.45, 2.75) is 13.8 Å². The van der Waals surface area contributed by atoms with Crippen LogP contribution >= 0.6 is 11.8 Å². The molecular weight excluding hydrogens is 162 g/mol. The molecule has 0 heterocycles. The van der Waals surface area contributed by atoms with Crippen LogP contribution in [0.5, 0.6) is 0 Å². The minimum atomic E-state index is -0.00116. The molecule has 0 aliphatic carbocycles. The molecular formula is C7H13NO2S. The number of hydrogen-bond acceptors (Lipinski definition) is 3. The molecule has 0 saturated carbocycles. The molecule has 0 bridgehead atoms. The van der Waals surface area contributed by atoms with Gasteiger partial charge in [-0.25, -0.2) is 0 Å². The number of ketones is 1. The third-order valence-corrected chi connectivity index (χ3v) is 1.99. The molecule has 0 atom stereocenters. The zero-order valence-corrected chi connectivity index (χ0v) is 7.66. The standard InChI is InChI=1S/C7H13NO2S/c1-3-8-7(10)5-11-4-6(2)9/h3-5H2,1-2H3,(H,8,10). The van der Waals surface area contributed by atoms with Gasteiger partial charge in [-0.3, -0.25) is 9.59 Å². The van der Waals surface area contributed by atoms with Crippen LogP contribution in [0.2, 0.25) is 0 Å². The molecule has 0 saturated heterocycles. The monoisotopic (exact) mass is 175 g/mol. The highest BCUT2D eigenvalue weighted by molar-refractivity contribution is 8.00. The lowest BCUT2D eigenvalue weighted by Crippen LogP contribution is -2.24. The summed E-state index contributed by atoms with van der Waals surface area (Å²) in [6.07, 6.45) is 0. The van der Waals surface area contributed by atoms with Crippen molar-refractivity contribution in [3.05, 3.63) is 0 Å². The van der Waals surface area contributed by atoms with Crippen molar-refractivity contribution in [3.8, 4) is 0 Å². The van der Waals surface area contributed by atoms with Crippen LogP contribution in [-0.2, 0) is 9.59 Å². The molecule has 1 amide bonds. The summed E-state index contributed by atoms with van der Waals surface area (Å²) in [5.41, 5.74) is 0. The zero-order chi connectivity index (χ0) is 8.69. The Labute approximate surface area is 70.9 Å². The lowest BCUT2D eigenvalue weighted by Gasteiger charge is -1.99. The maximum absolute atomic E-state index is 10.8. The maximum Gasteiger partial charge on any atom is 0.229 e. The molecule has 64 valence electrons. The topological polar surface area (TPSA) is 46.2 Å². The van der Waals surface area contributed by atoms with Gasteiger partial charge in [-0.1, -0.05) is 0 Å².